The Kier molecular flexibility index (Phi) is 4.64. The molecule has 0 aromatic heterocycles. The van der Waals surface area contributed by atoms with Crippen LogP contribution in [0.2, 0.25) is 0 Å². The van der Waals surface area contributed by atoms with Crippen molar-refractivity contribution in [3.05, 3.63) is 58.7 Å². The van der Waals surface area contributed by atoms with Crippen LogP contribution in [-0.2, 0) is 16.0 Å². The lowest BCUT2D eigenvalue weighted by molar-refractivity contribution is -0.145. The van der Waals surface area contributed by atoms with E-state index in [2.05, 4.69) is 21.2 Å². The number of barbiturate groups is 1. The first-order valence-corrected chi connectivity index (χ1v) is 11.0. The molecule has 2 aromatic rings. The average molecular weight is 433 g/mol. The SMILES string of the molecule is Cc1cc(C)c(N2C(=O)NC(=O)[C@]3(Cc4ccccc4N4CCN(C)C[C@@H]43)C2=O)c(C)c1. The molecule has 0 radical (unpaired) electrons. The zero-order valence-corrected chi connectivity index (χ0v) is 18.9. The van der Waals surface area contributed by atoms with Gasteiger partial charge in [-0.3, -0.25) is 14.9 Å². The number of hydrogen-bond donors (Lipinski definition) is 1. The Morgan fingerprint density at radius 2 is 1.69 bits per heavy atom. The van der Waals surface area contributed by atoms with Crippen molar-refractivity contribution in [2.45, 2.75) is 33.2 Å². The van der Waals surface area contributed by atoms with E-state index in [0.29, 0.717) is 12.2 Å². The molecule has 0 aliphatic carbocycles. The highest BCUT2D eigenvalue weighted by atomic mass is 16.2. The number of benzene rings is 2. The molecule has 2 saturated heterocycles. The van der Waals surface area contributed by atoms with Crippen LogP contribution in [0.3, 0.4) is 0 Å². The number of nitrogens with zero attached hydrogens (tertiary/aromatic N) is 3. The molecule has 7 heteroatoms. The lowest BCUT2D eigenvalue weighted by atomic mass is 9.67. The molecule has 1 N–H and O–H groups in total. The van der Waals surface area contributed by atoms with Crippen molar-refractivity contribution in [3.8, 4) is 0 Å². The maximum absolute atomic E-state index is 14.3. The highest BCUT2D eigenvalue weighted by molar-refractivity contribution is 6.31. The van der Waals surface area contributed by atoms with Crippen LogP contribution in [-0.4, -0.2) is 55.5 Å². The number of aryl methyl sites for hydroxylation is 3. The summed E-state index contributed by atoms with van der Waals surface area (Å²) < 4.78 is 0. The number of rotatable bonds is 1. The Morgan fingerprint density at radius 3 is 2.41 bits per heavy atom. The summed E-state index contributed by atoms with van der Waals surface area (Å²) in [7, 11) is 2.01. The molecule has 166 valence electrons. The molecule has 3 aliphatic rings. The number of carbonyl (C=O) groups excluding carboxylic acids is 3. The molecule has 4 amide bonds. The maximum Gasteiger partial charge on any atom is 0.335 e. The zero-order valence-electron chi connectivity index (χ0n) is 18.9. The third-order valence-corrected chi connectivity index (χ3v) is 7.20. The minimum atomic E-state index is -1.37. The second-order valence-electron chi connectivity index (χ2n) is 9.40. The number of urea groups is 1. The lowest BCUT2D eigenvalue weighted by Gasteiger charge is -2.55. The van der Waals surface area contributed by atoms with E-state index in [0.717, 1.165) is 41.0 Å². The number of likely N-dealkylation sites (N-methyl/N-ethyl adjacent to an activating group) is 1. The predicted molar refractivity (Wildman–Crippen MR) is 123 cm³/mol. The molecule has 1 spiro atoms. The van der Waals surface area contributed by atoms with Gasteiger partial charge in [0.25, 0.3) is 5.91 Å². The molecule has 0 unspecified atom stereocenters. The van der Waals surface area contributed by atoms with Crippen LogP contribution < -0.4 is 15.1 Å². The highest BCUT2D eigenvalue weighted by Crippen LogP contribution is 2.46. The van der Waals surface area contributed by atoms with Gasteiger partial charge in [0, 0.05) is 25.3 Å². The summed E-state index contributed by atoms with van der Waals surface area (Å²) in [5, 5.41) is 2.55. The number of para-hydroxylation sites is 1. The molecule has 3 aliphatic heterocycles. The summed E-state index contributed by atoms with van der Waals surface area (Å²) in [6.07, 6.45) is 0.274. The number of piperazine rings is 1. The van der Waals surface area contributed by atoms with Gasteiger partial charge in [0.2, 0.25) is 5.91 Å². The first kappa shape index (κ1) is 20.7. The van der Waals surface area contributed by atoms with Gasteiger partial charge in [-0.25, -0.2) is 9.69 Å². The summed E-state index contributed by atoms with van der Waals surface area (Å²) in [6.45, 7) is 7.92. The molecule has 2 atom stereocenters. The van der Waals surface area contributed by atoms with Crippen molar-refractivity contribution in [3.63, 3.8) is 0 Å². The van der Waals surface area contributed by atoms with E-state index < -0.39 is 23.3 Å². The number of fused-ring (bicyclic) bond motifs is 4. The maximum atomic E-state index is 14.3. The minimum Gasteiger partial charge on any atom is -0.364 e. The molecule has 5 rings (SSSR count). The molecule has 2 aromatic carbocycles. The second kappa shape index (κ2) is 7.17. The molecular formula is C25H28N4O3. The first-order valence-electron chi connectivity index (χ1n) is 11.0. The van der Waals surface area contributed by atoms with Gasteiger partial charge in [0.1, 0.15) is 0 Å². The van der Waals surface area contributed by atoms with Crippen LogP contribution in [0, 0.1) is 26.2 Å². The summed E-state index contributed by atoms with van der Waals surface area (Å²) in [5.41, 5.74) is 3.96. The van der Waals surface area contributed by atoms with Crippen molar-refractivity contribution in [1.29, 1.82) is 0 Å². The Hall–Kier alpha value is -3.19. The quantitative estimate of drug-likeness (QED) is 0.702. The van der Waals surface area contributed by atoms with Crippen molar-refractivity contribution in [2.75, 3.05) is 36.5 Å². The normalized spacial score (nSPS) is 25.6. The van der Waals surface area contributed by atoms with Crippen LogP contribution in [0.25, 0.3) is 0 Å². The monoisotopic (exact) mass is 432 g/mol. The second-order valence-corrected chi connectivity index (χ2v) is 9.40. The summed E-state index contributed by atoms with van der Waals surface area (Å²) in [4.78, 5) is 46.4. The van der Waals surface area contributed by atoms with Gasteiger partial charge in [-0.2, -0.15) is 0 Å². The number of carbonyl (C=O) groups is 3. The molecule has 7 nitrogen and oxygen atoms in total. The third kappa shape index (κ3) is 2.80. The number of amides is 4. The predicted octanol–water partition coefficient (Wildman–Crippen LogP) is 2.56. The molecule has 3 heterocycles. The molecule has 32 heavy (non-hydrogen) atoms. The first-order chi connectivity index (χ1) is 15.2. The van der Waals surface area contributed by atoms with E-state index in [-0.39, 0.29) is 12.5 Å². The largest absolute Gasteiger partial charge is 0.364 e. The van der Waals surface area contributed by atoms with Gasteiger partial charge in [-0.15, -0.1) is 0 Å². The van der Waals surface area contributed by atoms with Crippen molar-refractivity contribution in [2.24, 2.45) is 5.41 Å². The fraction of sp³-hybridized carbons (Fsp3) is 0.400. The molecular weight excluding hydrogens is 404 g/mol. The van der Waals surface area contributed by atoms with Crippen LogP contribution in [0.15, 0.2) is 36.4 Å². The van der Waals surface area contributed by atoms with E-state index in [1.54, 1.807) is 0 Å². The van der Waals surface area contributed by atoms with Gasteiger partial charge in [0.15, 0.2) is 5.41 Å². The van der Waals surface area contributed by atoms with E-state index in [9.17, 15) is 14.4 Å². The fourth-order valence-electron chi connectivity index (χ4n) is 5.82. The van der Waals surface area contributed by atoms with Gasteiger partial charge < -0.3 is 9.80 Å². The number of hydrogen-bond acceptors (Lipinski definition) is 5. The Morgan fingerprint density at radius 1 is 1.00 bits per heavy atom. The lowest BCUT2D eigenvalue weighted by Crippen LogP contribution is -2.75. The molecule has 0 bridgehead atoms. The van der Waals surface area contributed by atoms with Crippen LogP contribution in [0.5, 0.6) is 0 Å². The van der Waals surface area contributed by atoms with Crippen molar-refractivity contribution < 1.29 is 14.4 Å². The van der Waals surface area contributed by atoms with Crippen LogP contribution >= 0.6 is 0 Å². The Bertz CT molecular complexity index is 1140. The molecule has 0 saturated carbocycles. The van der Waals surface area contributed by atoms with Crippen molar-refractivity contribution >= 4 is 29.2 Å². The standard InChI is InChI=1S/C25H28N4O3/c1-15-11-16(2)21(17(3)12-15)29-23(31)25(22(30)26-24(29)32)13-18-7-5-6-8-19(18)28-10-9-27(4)14-20(25)28/h5-8,11-12,20H,9-10,13-14H2,1-4H3,(H,26,30,32)/t20-,25-/m1/s1. The number of anilines is 2. The Labute approximate surface area is 188 Å². The summed E-state index contributed by atoms with van der Waals surface area (Å²) in [6, 6.07) is 10.9. The van der Waals surface area contributed by atoms with E-state index >= 15 is 0 Å². The van der Waals surface area contributed by atoms with E-state index in [1.807, 2.05) is 58.2 Å². The number of imide groups is 2. The van der Waals surface area contributed by atoms with Gasteiger partial charge >= 0.3 is 6.03 Å². The Balaban J connectivity index is 1.70. The summed E-state index contributed by atoms with van der Waals surface area (Å²) >= 11 is 0. The minimum absolute atomic E-state index is 0.274. The zero-order chi connectivity index (χ0) is 22.8. The number of nitrogens with one attached hydrogen (secondary N) is 1. The van der Waals surface area contributed by atoms with Gasteiger partial charge in [-0.1, -0.05) is 35.9 Å². The van der Waals surface area contributed by atoms with Crippen LogP contribution in [0.1, 0.15) is 22.3 Å². The van der Waals surface area contributed by atoms with Gasteiger partial charge in [-0.05, 0) is 57.0 Å². The molecule has 2 fully saturated rings. The van der Waals surface area contributed by atoms with Crippen LogP contribution in [0.4, 0.5) is 16.2 Å². The third-order valence-electron chi connectivity index (χ3n) is 7.20. The van der Waals surface area contributed by atoms with E-state index in [4.69, 9.17) is 0 Å². The van der Waals surface area contributed by atoms with Gasteiger partial charge in [0.05, 0.1) is 11.7 Å². The topological polar surface area (TPSA) is 73.0 Å². The summed E-state index contributed by atoms with van der Waals surface area (Å²) in [5.74, 6) is -0.924. The highest BCUT2D eigenvalue weighted by Gasteiger charge is 2.63. The smallest absolute Gasteiger partial charge is 0.335 e. The van der Waals surface area contributed by atoms with Crippen molar-refractivity contribution in [1.82, 2.24) is 10.2 Å². The van der Waals surface area contributed by atoms with E-state index in [1.165, 1.54) is 4.90 Å². The fourth-order valence-corrected chi connectivity index (χ4v) is 5.82. The average Bonchev–Trinajstić information content (AvgIpc) is 2.73.